The highest BCUT2D eigenvalue weighted by molar-refractivity contribution is 7.80. The fourth-order valence-electron chi connectivity index (χ4n) is 4.40. The predicted molar refractivity (Wildman–Crippen MR) is 143 cm³/mol. The summed E-state index contributed by atoms with van der Waals surface area (Å²) in [6.45, 7) is 4.51. The lowest BCUT2D eigenvalue weighted by Crippen LogP contribution is -2.44. The number of nitrogens with one attached hydrogen (secondary N) is 2. The van der Waals surface area contributed by atoms with Gasteiger partial charge in [-0.1, -0.05) is 18.2 Å². The van der Waals surface area contributed by atoms with Gasteiger partial charge in [0.25, 0.3) is 5.56 Å². The van der Waals surface area contributed by atoms with Crippen molar-refractivity contribution >= 4 is 28.2 Å². The zero-order valence-corrected chi connectivity index (χ0v) is 21.4. The van der Waals surface area contributed by atoms with Crippen molar-refractivity contribution in [2.75, 3.05) is 33.9 Å². The molecular formula is C27H33N3O4S. The van der Waals surface area contributed by atoms with Crippen LogP contribution < -0.4 is 20.3 Å². The first-order chi connectivity index (χ1) is 17.0. The zero-order valence-electron chi connectivity index (χ0n) is 20.6. The largest absolute Gasteiger partial charge is 0.493 e. The topological polar surface area (TPSA) is 75.8 Å². The van der Waals surface area contributed by atoms with Gasteiger partial charge >= 0.3 is 0 Å². The Labute approximate surface area is 211 Å². The number of fused-ring (bicyclic) bond motifs is 1. The van der Waals surface area contributed by atoms with Crippen molar-refractivity contribution < 1.29 is 14.2 Å². The summed E-state index contributed by atoms with van der Waals surface area (Å²) in [5, 5.41) is 5.00. The number of aromatic amines is 1. The summed E-state index contributed by atoms with van der Waals surface area (Å²) >= 11 is 5.77. The average Bonchev–Trinajstić information content (AvgIpc) is 3.37. The number of rotatable bonds is 9. The van der Waals surface area contributed by atoms with Crippen molar-refractivity contribution in [3.63, 3.8) is 0 Å². The second kappa shape index (κ2) is 11.6. The molecule has 3 aromatic rings. The molecule has 2 heterocycles. The molecule has 2 aromatic carbocycles. The van der Waals surface area contributed by atoms with E-state index in [2.05, 4.69) is 16.4 Å². The molecule has 1 atom stereocenters. The smallest absolute Gasteiger partial charge is 0.253 e. The van der Waals surface area contributed by atoms with E-state index in [9.17, 15) is 4.79 Å². The number of ether oxygens (including phenoxy) is 3. The standard InChI is InChI=1S/C27H33N3O4S/c1-18-6-8-20-15-21(26(31)29-23(20)13-18)16-30(17-22-5-4-12-34-22)27(35)28-11-10-19-7-9-24(32-2)25(14-19)33-3/h6-9,13-15,22H,4-5,10-12,16-17H2,1-3H3,(H,28,35)(H,29,31)/t22-/m1/s1. The maximum atomic E-state index is 12.9. The highest BCUT2D eigenvalue weighted by Gasteiger charge is 2.22. The maximum absolute atomic E-state index is 12.9. The van der Waals surface area contributed by atoms with Gasteiger partial charge in [-0.2, -0.15) is 0 Å². The molecule has 0 bridgehead atoms. The Morgan fingerprint density at radius 3 is 2.74 bits per heavy atom. The minimum atomic E-state index is -0.0893. The van der Waals surface area contributed by atoms with Crippen LogP contribution in [0.4, 0.5) is 0 Å². The summed E-state index contributed by atoms with van der Waals surface area (Å²) in [7, 11) is 3.26. The molecule has 1 saturated heterocycles. The summed E-state index contributed by atoms with van der Waals surface area (Å²) in [6.07, 6.45) is 2.93. The first kappa shape index (κ1) is 25.0. The number of hydrogen-bond acceptors (Lipinski definition) is 5. The molecule has 1 aliphatic rings. The molecule has 8 heteroatoms. The number of H-pyrrole nitrogens is 1. The van der Waals surface area contributed by atoms with Crippen LogP contribution in [0.1, 0.15) is 29.5 Å². The number of pyridine rings is 1. The third-order valence-electron chi connectivity index (χ3n) is 6.31. The van der Waals surface area contributed by atoms with Crippen LogP contribution in [0.3, 0.4) is 0 Å². The predicted octanol–water partition coefficient (Wildman–Crippen LogP) is 3.95. The number of aryl methyl sites for hydroxylation is 1. The van der Waals surface area contributed by atoms with Gasteiger partial charge in [-0.25, -0.2) is 0 Å². The molecule has 1 fully saturated rings. The quantitative estimate of drug-likeness (QED) is 0.435. The van der Waals surface area contributed by atoms with Gasteiger partial charge in [0.05, 0.1) is 26.9 Å². The number of thiocarbonyl (C=S) groups is 1. The Balaban J connectivity index is 1.46. The molecule has 2 N–H and O–H groups in total. The Hall–Kier alpha value is -3.10. The Kier molecular flexibility index (Phi) is 8.25. The Morgan fingerprint density at radius 1 is 1.17 bits per heavy atom. The SMILES string of the molecule is COc1ccc(CCNC(=S)N(Cc2cc3ccc(C)cc3[nH]c2=O)C[C@H]2CCCO2)cc1OC. The minimum Gasteiger partial charge on any atom is -0.493 e. The van der Waals surface area contributed by atoms with Crippen LogP contribution in [0.15, 0.2) is 47.3 Å². The lowest BCUT2D eigenvalue weighted by Gasteiger charge is -2.28. The second-order valence-corrected chi connectivity index (χ2v) is 9.29. The fourth-order valence-corrected chi connectivity index (χ4v) is 4.64. The van der Waals surface area contributed by atoms with E-state index >= 15 is 0 Å². The summed E-state index contributed by atoms with van der Waals surface area (Å²) < 4.78 is 16.6. The van der Waals surface area contributed by atoms with Crippen molar-refractivity contribution in [1.29, 1.82) is 0 Å². The van der Waals surface area contributed by atoms with Gasteiger partial charge < -0.3 is 29.4 Å². The van der Waals surface area contributed by atoms with Crippen LogP contribution in [-0.2, 0) is 17.7 Å². The molecule has 0 unspecified atom stereocenters. The minimum absolute atomic E-state index is 0.0893. The molecule has 0 spiro atoms. The van der Waals surface area contributed by atoms with Gasteiger partial charge in [-0.3, -0.25) is 4.79 Å². The molecule has 0 aliphatic carbocycles. The fraction of sp³-hybridized carbons (Fsp3) is 0.407. The van der Waals surface area contributed by atoms with E-state index in [1.165, 1.54) is 0 Å². The molecule has 186 valence electrons. The second-order valence-electron chi connectivity index (χ2n) is 8.90. The van der Waals surface area contributed by atoms with Crippen LogP contribution in [0.5, 0.6) is 11.5 Å². The lowest BCUT2D eigenvalue weighted by molar-refractivity contribution is 0.0897. The summed E-state index contributed by atoms with van der Waals surface area (Å²) in [4.78, 5) is 17.9. The molecule has 35 heavy (non-hydrogen) atoms. The third-order valence-corrected chi connectivity index (χ3v) is 6.72. The van der Waals surface area contributed by atoms with Crippen molar-refractivity contribution in [3.05, 3.63) is 69.5 Å². The van der Waals surface area contributed by atoms with E-state index in [0.29, 0.717) is 41.8 Å². The van der Waals surface area contributed by atoms with Crippen molar-refractivity contribution in [2.24, 2.45) is 0 Å². The zero-order chi connectivity index (χ0) is 24.8. The van der Waals surface area contributed by atoms with E-state index in [1.807, 2.05) is 48.2 Å². The molecule has 0 amide bonds. The van der Waals surface area contributed by atoms with Gasteiger partial charge in [-0.05, 0) is 79.2 Å². The molecule has 0 radical (unpaired) electrons. The van der Waals surface area contributed by atoms with Crippen LogP contribution in [0.25, 0.3) is 10.9 Å². The van der Waals surface area contributed by atoms with Gasteiger partial charge in [0, 0.05) is 30.8 Å². The van der Waals surface area contributed by atoms with E-state index in [0.717, 1.165) is 47.9 Å². The summed E-state index contributed by atoms with van der Waals surface area (Å²) in [5.74, 6) is 1.41. The highest BCUT2D eigenvalue weighted by atomic mass is 32.1. The maximum Gasteiger partial charge on any atom is 0.253 e. The van der Waals surface area contributed by atoms with Crippen LogP contribution in [-0.4, -0.2) is 55.0 Å². The normalized spacial score (nSPS) is 15.2. The van der Waals surface area contributed by atoms with E-state index in [-0.39, 0.29) is 11.7 Å². The van der Waals surface area contributed by atoms with Crippen LogP contribution in [0.2, 0.25) is 0 Å². The van der Waals surface area contributed by atoms with E-state index in [4.69, 9.17) is 26.4 Å². The summed E-state index contributed by atoms with van der Waals surface area (Å²) in [6, 6.07) is 13.9. The number of aromatic nitrogens is 1. The molecule has 7 nitrogen and oxygen atoms in total. The first-order valence-corrected chi connectivity index (χ1v) is 12.4. The number of methoxy groups -OCH3 is 2. The summed E-state index contributed by atoms with van der Waals surface area (Å²) in [5.41, 5.74) is 3.67. The number of hydrogen-bond donors (Lipinski definition) is 2. The molecule has 1 aromatic heterocycles. The van der Waals surface area contributed by atoms with E-state index < -0.39 is 0 Å². The van der Waals surface area contributed by atoms with Crippen LogP contribution >= 0.6 is 12.2 Å². The Morgan fingerprint density at radius 2 is 2.00 bits per heavy atom. The molecular weight excluding hydrogens is 462 g/mol. The third kappa shape index (κ3) is 6.32. The van der Waals surface area contributed by atoms with Gasteiger partial charge in [0.15, 0.2) is 16.6 Å². The lowest BCUT2D eigenvalue weighted by atomic mass is 10.1. The monoisotopic (exact) mass is 495 g/mol. The molecule has 0 saturated carbocycles. The molecule has 1 aliphatic heterocycles. The van der Waals surface area contributed by atoms with Crippen LogP contribution in [0, 0.1) is 6.92 Å². The van der Waals surface area contributed by atoms with Gasteiger partial charge in [-0.15, -0.1) is 0 Å². The average molecular weight is 496 g/mol. The first-order valence-electron chi connectivity index (χ1n) is 11.9. The van der Waals surface area contributed by atoms with Crippen molar-refractivity contribution in [3.8, 4) is 11.5 Å². The van der Waals surface area contributed by atoms with Crippen molar-refractivity contribution in [1.82, 2.24) is 15.2 Å². The Bertz CT molecular complexity index is 1240. The van der Waals surface area contributed by atoms with E-state index in [1.54, 1.807) is 14.2 Å². The van der Waals surface area contributed by atoms with Gasteiger partial charge in [0.2, 0.25) is 0 Å². The highest BCUT2D eigenvalue weighted by Crippen LogP contribution is 2.27. The molecule has 4 rings (SSSR count). The van der Waals surface area contributed by atoms with Gasteiger partial charge in [0.1, 0.15) is 0 Å². The number of benzene rings is 2. The number of nitrogens with zero attached hydrogens (tertiary/aromatic N) is 1. The van der Waals surface area contributed by atoms with Crippen molar-refractivity contribution in [2.45, 2.75) is 38.8 Å².